The maximum atomic E-state index is 12.2. The van der Waals surface area contributed by atoms with Crippen LogP contribution in [0, 0.1) is 0 Å². The Bertz CT molecular complexity index is 716. The van der Waals surface area contributed by atoms with Gasteiger partial charge in [0.05, 0.1) is 36.7 Å². The van der Waals surface area contributed by atoms with E-state index in [1.165, 1.54) is 12.1 Å². The Hall–Kier alpha value is -1.67. The molecule has 3 heterocycles. The van der Waals surface area contributed by atoms with Gasteiger partial charge in [-0.05, 0) is 12.1 Å². The second-order valence-electron chi connectivity index (χ2n) is 5.36. The van der Waals surface area contributed by atoms with Crippen LogP contribution in [0.25, 0.3) is 0 Å². The second-order valence-corrected chi connectivity index (χ2v) is 6.16. The normalized spacial score (nSPS) is 15.4. The lowest BCUT2D eigenvalue weighted by Crippen LogP contribution is -2.38. The van der Waals surface area contributed by atoms with E-state index in [9.17, 15) is 4.79 Å². The molecule has 0 bridgehead atoms. The molecule has 0 saturated carbocycles. The standard InChI is InChI=1S/C15H17Cl2N5O2/c16-12-1-2-13(17)20-14(12)15(23)19-11-9-18-22(10-11)4-3-21-5-7-24-8-6-21/h1-2,9-10H,3-8H2,(H,19,23). The molecule has 2 aromatic rings. The Labute approximate surface area is 149 Å². The molecule has 0 aliphatic carbocycles. The van der Waals surface area contributed by atoms with E-state index >= 15 is 0 Å². The van der Waals surface area contributed by atoms with E-state index in [4.69, 9.17) is 27.9 Å². The topological polar surface area (TPSA) is 72.3 Å². The number of hydrogen-bond donors (Lipinski definition) is 1. The van der Waals surface area contributed by atoms with Gasteiger partial charge in [-0.1, -0.05) is 23.2 Å². The molecule has 1 N–H and O–H groups in total. The Kier molecular flexibility index (Phi) is 5.68. The van der Waals surface area contributed by atoms with E-state index in [1.54, 1.807) is 17.1 Å². The molecule has 7 nitrogen and oxygen atoms in total. The molecule has 0 aromatic carbocycles. The van der Waals surface area contributed by atoms with Crippen molar-refractivity contribution in [3.05, 3.63) is 40.4 Å². The summed E-state index contributed by atoms with van der Waals surface area (Å²) in [6.45, 7) is 5.04. The first-order valence-electron chi connectivity index (χ1n) is 7.58. The second kappa shape index (κ2) is 7.94. The molecule has 2 aromatic heterocycles. The van der Waals surface area contributed by atoms with Crippen LogP contribution in [0.1, 0.15) is 10.5 Å². The van der Waals surface area contributed by atoms with Crippen molar-refractivity contribution in [2.75, 3.05) is 38.2 Å². The summed E-state index contributed by atoms with van der Waals surface area (Å²) in [6, 6.07) is 3.07. The van der Waals surface area contributed by atoms with Gasteiger partial charge in [-0.3, -0.25) is 14.4 Å². The van der Waals surface area contributed by atoms with Crippen LogP contribution in [0.5, 0.6) is 0 Å². The number of nitrogens with one attached hydrogen (secondary N) is 1. The fraction of sp³-hybridized carbons (Fsp3) is 0.400. The number of rotatable bonds is 5. The van der Waals surface area contributed by atoms with E-state index in [-0.39, 0.29) is 15.9 Å². The molecular weight excluding hydrogens is 353 g/mol. The Morgan fingerprint density at radius 1 is 1.25 bits per heavy atom. The number of pyridine rings is 1. The number of morpholine rings is 1. The van der Waals surface area contributed by atoms with Crippen LogP contribution in [0.3, 0.4) is 0 Å². The average molecular weight is 370 g/mol. The predicted molar refractivity (Wildman–Crippen MR) is 91.7 cm³/mol. The van der Waals surface area contributed by atoms with Crippen LogP contribution in [-0.4, -0.2) is 58.4 Å². The molecule has 128 valence electrons. The molecule has 0 spiro atoms. The van der Waals surface area contributed by atoms with Crippen LogP contribution in [0.15, 0.2) is 24.5 Å². The third-order valence-corrected chi connectivity index (χ3v) is 4.18. The highest BCUT2D eigenvalue weighted by atomic mass is 35.5. The van der Waals surface area contributed by atoms with Crippen molar-refractivity contribution in [3.63, 3.8) is 0 Å². The fourth-order valence-electron chi connectivity index (χ4n) is 2.39. The zero-order chi connectivity index (χ0) is 16.9. The van der Waals surface area contributed by atoms with Crippen molar-refractivity contribution in [2.24, 2.45) is 0 Å². The van der Waals surface area contributed by atoms with Gasteiger partial charge in [0.2, 0.25) is 0 Å². The molecule has 0 atom stereocenters. The van der Waals surface area contributed by atoms with Crippen molar-refractivity contribution in [3.8, 4) is 0 Å². The summed E-state index contributed by atoms with van der Waals surface area (Å²) in [7, 11) is 0. The zero-order valence-corrected chi connectivity index (χ0v) is 14.4. The third kappa shape index (κ3) is 4.45. The summed E-state index contributed by atoms with van der Waals surface area (Å²) >= 11 is 11.8. The maximum Gasteiger partial charge on any atom is 0.275 e. The molecule has 24 heavy (non-hydrogen) atoms. The van der Waals surface area contributed by atoms with Crippen LogP contribution < -0.4 is 5.32 Å². The Morgan fingerprint density at radius 3 is 2.83 bits per heavy atom. The summed E-state index contributed by atoms with van der Waals surface area (Å²) in [5.41, 5.74) is 0.671. The number of ether oxygens (including phenoxy) is 1. The lowest BCUT2D eigenvalue weighted by Gasteiger charge is -2.26. The minimum Gasteiger partial charge on any atom is -0.379 e. The first kappa shape index (κ1) is 17.2. The fourth-order valence-corrected chi connectivity index (χ4v) is 2.73. The van der Waals surface area contributed by atoms with E-state index < -0.39 is 5.91 Å². The van der Waals surface area contributed by atoms with Crippen LogP contribution in [0.4, 0.5) is 5.69 Å². The SMILES string of the molecule is O=C(Nc1cnn(CCN2CCOCC2)c1)c1nc(Cl)ccc1Cl. The molecular formula is C15H17Cl2N5O2. The molecule has 1 saturated heterocycles. The summed E-state index contributed by atoms with van der Waals surface area (Å²) in [6.07, 6.45) is 3.37. The first-order chi connectivity index (χ1) is 11.6. The number of carbonyl (C=O) groups is 1. The lowest BCUT2D eigenvalue weighted by atomic mass is 10.3. The van der Waals surface area contributed by atoms with Gasteiger partial charge in [0.1, 0.15) is 10.8 Å². The summed E-state index contributed by atoms with van der Waals surface area (Å²) in [4.78, 5) is 18.5. The Balaban J connectivity index is 1.57. The van der Waals surface area contributed by atoms with Gasteiger partial charge in [0.15, 0.2) is 0 Å². The number of halogens is 2. The number of aromatic nitrogens is 3. The predicted octanol–water partition coefficient (Wildman–Crippen LogP) is 2.17. The highest BCUT2D eigenvalue weighted by Gasteiger charge is 2.14. The molecule has 3 rings (SSSR count). The highest BCUT2D eigenvalue weighted by molar-refractivity contribution is 6.35. The molecule has 0 radical (unpaired) electrons. The van der Waals surface area contributed by atoms with Crippen LogP contribution >= 0.6 is 23.2 Å². The largest absolute Gasteiger partial charge is 0.379 e. The summed E-state index contributed by atoms with van der Waals surface area (Å²) < 4.78 is 7.11. The molecule has 0 unspecified atom stereocenters. The minimum absolute atomic E-state index is 0.0882. The summed E-state index contributed by atoms with van der Waals surface area (Å²) in [5.74, 6) is -0.421. The van der Waals surface area contributed by atoms with Gasteiger partial charge in [-0.25, -0.2) is 4.98 Å². The van der Waals surface area contributed by atoms with E-state index in [0.29, 0.717) is 5.69 Å². The van der Waals surface area contributed by atoms with Crippen LogP contribution in [0.2, 0.25) is 10.2 Å². The highest BCUT2D eigenvalue weighted by Crippen LogP contribution is 2.18. The van der Waals surface area contributed by atoms with Crippen molar-refractivity contribution < 1.29 is 9.53 Å². The van der Waals surface area contributed by atoms with Gasteiger partial charge in [0.25, 0.3) is 5.91 Å². The monoisotopic (exact) mass is 369 g/mol. The number of hydrogen-bond acceptors (Lipinski definition) is 5. The van der Waals surface area contributed by atoms with Gasteiger partial charge in [-0.2, -0.15) is 5.10 Å². The number of amides is 1. The van der Waals surface area contributed by atoms with Crippen LogP contribution in [-0.2, 0) is 11.3 Å². The molecule has 1 aliphatic rings. The molecule has 1 aliphatic heterocycles. The van der Waals surface area contributed by atoms with E-state index in [0.717, 1.165) is 39.4 Å². The number of carbonyl (C=O) groups excluding carboxylic acids is 1. The minimum atomic E-state index is -0.421. The number of anilines is 1. The van der Waals surface area contributed by atoms with Gasteiger partial charge >= 0.3 is 0 Å². The van der Waals surface area contributed by atoms with Gasteiger partial charge in [0, 0.05) is 25.8 Å². The van der Waals surface area contributed by atoms with Gasteiger partial charge < -0.3 is 10.1 Å². The molecule has 9 heteroatoms. The average Bonchev–Trinajstić information content (AvgIpc) is 3.03. The first-order valence-corrected chi connectivity index (χ1v) is 8.33. The smallest absolute Gasteiger partial charge is 0.275 e. The maximum absolute atomic E-state index is 12.2. The third-order valence-electron chi connectivity index (χ3n) is 3.67. The van der Waals surface area contributed by atoms with Crippen molar-refractivity contribution in [1.29, 1.82) is 0 Å². The summed E-state index contributed by atoms with van der Waals surface area (Å²) in [5, 5.41) is 7.44. The molecule has 1 amide bonds. The number of nitrogens with zero attached hydrogens (tertiary/aromatic N) is 4. The Morgan fingerprint density at radius 2 is 2.04 bits per heavy atom. The zero-order valence-electron chi connectivity index (χ0n) is 12.9. The van der Waals surface area contributed by atoms with Crippen molar-refractivity contribution >= 4 is 34.8 Å². The molecule has 1 fully saturated rings. The van der Waals surface area contributed by atoms with Gasteiger partial charge in [-0.15, -0.1) is 0 Å². The van der Waals surface area contributed by atoms with E-state index in [2.05, 4.69) is 20.3 Å². The van der Waals surface area contributed by atoms with E-state index in [1.807, 2.05) is 0 Å². The quantitative estimate of drug-likeness (QED) is 0.817. The van der Waals surface area contributed by atoms with Crippen molar-refractivity contribution in [1.82, 2.24) is 19.7 Å². The van der Waals surface area contributed by atoms with Crippen molar-refractivity contribution in [2.45, 2.75) is 6.54 Å². The lowest BCUT2D eigenvalue weighted by molar-refractivity contribution is 0.0360.